The Hall–Kier alpha value is -0.570. The lowest BCUT2D eigenvalue weighted by Gasteiger charge is -2.22. The molecule has 0 amide bonds. The highest BCUT2D eigenvalue weighted by Gasteiger charge is 2.72. The van der Waals surface area contributed by atoms with Crippen LogP contribution in [0.5, 0.6) is 0 Å². The molecule has 0 N–H and O–H groups in total. The molecule has 0 bridgehead atoms. The molecule has 0 aromatic carbocycles. The lowest BCUT2D eigenvalue weighted by atomic mass is 9.90. The zero-order chi connectivity index (χ0) is 14.3. The van der Waals surface area contributed by atoms with E-state index in [1.54, 1.807) is 0 Å². The largest absolute Gasteiger partial charge is 0.465 e. The Morgan fingerprint density at radius 3 is 2.16 bits per heavy atom. The van der Waals surface area contributed by atoms with Crippen molar-refractivity contribution < 1.29 is 14.3 Å². The summed E-state index contributed by atoms with van der Waals surface area (Å²) in [6.45, 7) is 10.9. The molecule has 2 unspecified atom stereocenters. The number of hydrogen-bond donors (Lipinski definition) is 0. The third kappa shape index (κ3) is 2.31. The minimum atomic E-state index is -0.358. The first kappa shape index (κ1) is 14.8. The van der Waals surface area contributed by atoms with E-state index in [9.17, 15) is 4.79 Å². The van der Waals surface area contributed by atoms with Crippen LogP contribution in [-0.4, -0.2) is 23.8 Å². The van der Waals surface area contributed by atoms with Gasteiger partial charge >= 0.3 is 5.97 Å². The monoisotopic (exact) mass is 268 g/mol. The van der Waals surface area contributed by atoms with Crippen LogP contribution in [0, 0.1) is 11.3 Å². The van der Waals surface area contributed by atoms with Crippen molar-refractivity contribution in [3.05, 3.63) is 0 Å². The topological polar surface area (TPSA) is 38.8 Å². The molecule has 3 nitrogen and oxygen atoms in total. The fourth-order valence-electron chi connectivity index (χ4n) is 3.54. The van der Waals surface area contributed by atoms with Gasteiger partial charge in [0.05, 0.1) is 23.2 Å². The number of ether oxygens (including phenoxy) is 2. The first-order chi connectivity index (χ1) is 8.85. The van der Waals surface area contributed by atoms with Gasteiger partial charge in [-0.05, 0) is 51.9 Å². The zero-order valence-electron chi connectivity index (χ0n) is 13.0. The fraction of sp³-hybridized carbons (Fsp3) is 0.938. The maximum Gasteiger partial charge on any atom is 0.311 e. The summed E-state index contributed by atoms with van der Waals surface area (Å²) in [5.41, 5.74) is -0.166. The van der Waals surface area contributed by atoms with Crippen LogP contribution in [0.15, 0.2) is 0 Å². The summed E-state index contributed by atoms with van der Waals surface area (Å²) < 4.78 is 11.5. The molecule has 2 rings (SSSR count). The van der Waals surface area contributed by atoms with Crippen LogP contribution in [0.2, 0.25) is 0 Å². The Balaban J connectivity index is 1.86. The van der Waals surface area contributed by atoms with Gasteiger partial charge < -0.3 is 9.47 Å². The van der Waals surface area contributed by atoms with Gasteiger partial charge in [0.25, 0.3) is 0 Å². The molecule has 1 aliphatic heterocycles. The first-order valence-corrected chi connectivity index (χ1v) is 7.72. The second-order valence-electron chi connectivity index (χ2n) is 6.91. The normalized spacial score (nSPS) is 37.0. The van der Waals surface area contributed by atoms with Gasteiger partial charge in [0.2, 0.25) is 0 Å². The average Bonchev–Trinajstić information content (AvgIpc) is 2.93. The number of carbonyl (C=O) groups excluding carboxylic acids is 1. The summed E-state index contributed by atoms with van der Waals surface area (Å²) in [4.78, 5) is 12.0. The SMILES string of the molecule is CCC(C)(C)C(=O)OCC1CC2(CC)OC2(CC)C1. The van der Waals surface area contributed by atoms with Gasteiger partial charge in [-0.25, -0.2) is 0 Å². The van der Waals surface area contributed by atoms with E-state index in [0.717, 1.165) is 32.1 Å². The lowest BCUT2D eigenvalue weighted by Crippen LogP contribution is -2.28. The van der Waals surface area contributed by atoms with Gasteiger partial charge in [-0.3, -0.25) is 4.79 Å². The second-order valence-corrected chi connectivity index (χ2v) is 6.91. The summed E-state index contributed by atoms with van der Waals surface area (Å²) >= 11 is 0. The number of fused-ring (bicyclic) bond motifs is 1. The van der Waals surface area contributed by atoms with Gasteiger partial charge in [-0.2, -0.15) is 0 Å². The van der Waals surface area contributed by atoms with Crippen molar-refractivity contribution in [3.8, 4) is 0 Å². The molecule has 1 saturated heterocycles. The molecule has 1 aliphatic carbocycles. The molecule has 1 saturated carbocycles. The number of esters is 1. The Bertz CT molecular complexity index is 345. The number of carbonyl (C=O) groups is 1. The highest BCUT2D eigenvalue weighted by Crippen LogP contribution is 2.64. The average molecular weight is 268 g/mol. The third-order valence-corrected chi connectivity index (χ3v) is 5.45. The Kier molecular flexibility index (Phi) is 3.72. The second kappa shape index (κ2) is 4.76. The molecule has 2 atom stereocenters. The molecule has 0 aromatic heterocycles. The van der Waals surface area contributed by atoms with Crippen molar-refractivity contribution >= 4 is 5.97 Å². The van der Waals surface area contributed by atoms with Crippen LogP contribution in [0.3, 0.4) is 0 Å². The number of epoxide rings is 1. The smallest absolute Gasteiger partial charge is 0.311 e. The zero-order valence-corrected chi connectivity index (χ0v) is 13.0. The molecule has 2 aliphatic rings. The van der Waals surface area contributed by atoms with Crippen molar-refractivity contribution in [1.29, 1.82) is 0 Å². The number of rotatable bonds is 6. The highest BCUT2D eigenvalue weighted by atomic mass is 16.6. The van der Waals surface area contributed by atoms with Crippen LogP contribution in [0.4, 0.5) is 0 Å². The molecule has 110 valence electrons. The molecule has 0 spiro atoms. The Morgan fingerprint density at radius 1 is 1.21 bits per heavy atom. The molecular weight excluding hydrogens is 240 g/mol. The highest BCUT2D eigenvalue weighted by molar-refractivity contribution is 5.75. The molecule has 1 heterocycles. The third-order valence-electron chi connectivity index (χ3n) is 5.45. The molecule has 0 radical (unpaired) electrons. The Morgan fingerprint density at radius 2 is 1.74 bits per heavy atom. The van der Waals surface area contributed by atoms with Gasteiger partial charge in [0.15, 0.2) is 0 Å². The van der Waals surface area contributed by atoms with E-state index in [1.807, 2.05) is 20.8 Å². The van der Waals surface area contributed by atoms with E-state index < -0.39 is 0 Å². The van der Waals surface area contributed by atoms with E-state index in [0.29, 0.717) is 12.5 Å². The minimum Gasteiger partial charge on any atom is -0.465 e. The van der Waals surface area contributed by atoms with Gasteiger partial charge in [0.1, 0.15) is 0 Å². The van der Waals surface area contributed by atoms with Gasteiger partial charge in [0, 0.05) is 0 Å². The predicted molar refractivity (Wildman–Crippen MR) is 74.9 cm³/mol. The summed E-state index contributed by atoms with van der Waals surface area (Å²) in [5, 5.41) is 0. The summed E-state index contributed by atoms with van der Waals surface area (Å²) in [5.74, 6) is 0.415. The molecule has 19 heavy (non-hydrogen) atoms. The minimum absolute atomic E-state index is 0.0624. The van der Waals surface area contributed by atoms with Gasteiger partial charge in [-0.1, -0.05) is 20.8 Å². The van der Waals surface area contributed by atoms with E-state index in [-0.39, 0.29) is 22.6 Å². The fourth-order valence-corrected chi connectivity index (χ4v) is 3.54. The Labute approximate surface area is 117 Å². The molecular formula is C16H28O3. The van der Waals surface area contributed by atoms with E-state index in [2.05, 4.69) is 13.8 Å². The van der Waals surface area contributed by atoms with E-state index in [4.69, 9.17) is 9.47 Å². The predicted octanol–water partition coefficient (Wildman–Crippen LogP) is 3.70. The summed E-state index contributed by atoms with van der Waals surface area (Å²) in [6.07, 6.45) is 5.07. The van der Waals surface area contributed by atoms with Crippen LogP contribution in [-0.2, 0) is 14.3 Å². The molecule has 0 aromatic rings. The quantitative estimate of drug-likeness (QED) is 0.544. The maximum absolute atomic E-state index is 12.0. The van der Waals surface area contributed by atoms with E-state index in [1.165, 1.54) is 0 Å². The summed E-state index contributed by atoms with van der Waals surface area (Å²) in [6, 6.07) is 0. The molecule has 3 heteroatoms. The maximum atomic E-state index is 12.0. The summed E-state index contributed by atoms with van der Waals surface area (Å²) in [7, 11) is 0. The van der Waals surface area contributed by atoms with Crippen molar-refractivity contribution in [1.82, 2.24) is 0 Å². The van der Waals surface area contributed by atoms with Crippen molar-refractivity contribution in [2.75, 3.05) is 6.61 Å². The molecule has 2 fully saturated rings. The van der Waals surface area contributed by atoms with Crippen LogP contribution in [0.1, 0.15) is 66.7 Å². The lowest BCUT2D eigenvalue weighted by molar-refractivity contribution is -0.155. The van der Waals surface area contributed by atoms with Gasteiger partial charge in [-0.15, -0.1) is 0 Å². The first-order valence-electron chi connectivity index (χ1n) is 7.72. The van der Waals surface area contributed by atoms with Crippen LogP contribution in [0.25, 0.3) is 0 Å². The van der Waals surface area contributed by atoms with Crippen molar-refractivity contribution in [2.45, 2.75) is 77.9 Å². The van der Waals surface area contributed by atoms with Crippen LogP contribution < -0.4 is 0 Å². The van der Waals surface area contributed by atoms with E-state index >= 15 is 0 Å². The van der Waals surface area contributed by atoms with Crippen molar-refractivity contribution in [2.24, 2.45) is 11.3 Å². The standard InChI is InChI=1S/C16H28O3/c1-6-14(4,5)13(17)18-11-12-9-15(7-2)16(8-3,10-12)19-15/h12H,6-11H2,1-5H3. The number of hydrogen-bond acceptors (Lipinski definition) is 3. The van der Waals surface area contributed by atoms with Crippen molar-refractivity contribution in [3.63, 3.8) is 0 Å². The van der Waals surface area contributed by atoms with Crippen LogP contribution >= 0.6 is 0 Å².